The summed E-state index contributed by atoms with van der Waals surface area (Å²) in [4.78, 5) is 54.8. The van der Waals surface area contributed by atoms with Crippen LogP contribution in [0.25, 0.3) is 0 Å². The number of amides is 4. The van der Waals surface area contributed by atoms with Crippen molar-refractivity contribution in [1.29, 1.82) is 0 Å². The minimum absolute atomic E-state index is 0.0326. The third-order valence-electron chi connectivity index (χ3n) is 10.9. The molecule has 282 valence electrons. The van der Waals surface area contributed by atoms with Crippen molar-refractivity contribution in [1.82, 2.24) is 20.7 Å². The summed E-state index contributed by atoms with van der Waals surface area (Å²) in [6.45, 7) is 7.76. The van der Waals surface area contributed by atoms with Crippen LogP contribution in [0.3, 0.4) is 0 Å². The Morgan fingerprint density at radius 3 is 2.00 bits per heavy atom. The number of nitrogens with one attached hydrogen (secondary N) is 2. The van der Waals surface area contributed by atoms with E-state index in [1.165, 1.54) is 6.42 Å². The van der Waals surface area contributed by atoms with Crippen molar-refractivity contribution < 1.29 is 33.1 Å². The topological polar surface area (TPSA) is 145 Å². The molecule has 0 aliphatic heterocycles. The number of aliphatic hydroxyl groups is 1. The predicted molar refractivity (Wildman–Crippen MR) is 186 cm³/mol. The minimum atomic E-state index is -1.29. The van der Waals surface area contributed by atoms with Crippen molar-refractivity contribution in [3.05, 3.63) is 0 Å². The highest BCUT2D eigenvalue weighted by molar-refractivity contribution is 5.85. The summed E-state index contributed by atoms with van der Waals surface area (Å²) >= 11 is 0. The van der Waals surface area contributed by atoms with E-state index in [0.717, 1.165) is 51.4 Å². The molecule has 7 unspecified atom stereocenters. The Kier molecular flexibility index (Phi) is 17.7. The highest BCUT2D eigenvalue weighted by atomic mass is 19.1. The van der Waals surface area contributed by atoms with Gasteiger partial charge in [0.05, 0.1) is 12.1 Å². The van der Waals surface area contributed by atoms with E-state index in [0.29, 0.717) is 38.4 Å². The molecule has 10 nitrogen and oxygen atoms in total. The van der Waals surface area contributed by atoms with E-state index < -0.39 is 54.1 Å². The number of hydrogen-bond donors (Lipinski definition) is 4. The number of nitrogens with two attached hydrogens (primary N) is 1. The fourth-order valence-electron chi connectivity index (χ4n) is 8.32. The van der Waals surface area contributed by atoms with Gasteiger partial charge in [-0.25, -0.2) is 13.8 Å². The SMILES string of the molecule is CCCCN(CC(O)C(CC1CC(F)CC(F)C1)NC(=O)C1CC(C(N)=O)CC(C(=O)N(CCC)CCC)C1)NC(=O)CC1CCCCC1. The van der Waals surface area contributed by atoms with Crippen LogP contribution in [0.15, 0.2) is 0 Å². The third-order valence-corrected chi connectivity index (χ3v) is 10.9. The summed E-state index contributed by atoms with van der Waals surface area (Å²) in [5.41, 5.74) is 8.73. The van der Waals surface area contributed by atoms with Crippen molar-refractivity contribution >= 4 is 23.6 Å². The van der Waals surface area contributed by atoms with Crippen LogP contribution in [0.4, 0.5) is 8.78 Å². The minimum Gasteiger partial charge on any atom is -0.390 e. The molecule has 3 aliphatic rings. The zero-order chi connectivity index (χ0) is 35.9. The smallest absolute Gasteiger partial charge is 0.234 e. The van der Waals surface area contributed by atoms with Gasteiger partial charge in [-0.15, -0.1) is 0 Å². The van der Waals surface area contributed by atoms with E-state index >= 15 is 0 Å². The Morgan fingerprint density at radius 1 is 0.796 bits per heavy atom. The average molecular weight is 698 g/mol. The molecule has 0 bridgehead atoms. The van der Waals surface area contributed by atoms with Crippen molar-refractivity contribution in [3.8, 4) is 0 Å². The number of hydrazine groups is 1. The zero-order valence-electron chi connectivity index (χ0n) is 30.4. The van der Waals surface area contributed by atoms with Gasteiger partial charge in [-0.05, 0) is 82.5 Å². The lowest BCUT2D eigenvalue weighted by Gasteiger charge is -2.37. The lowest BCUT2D eigenvalue weighted by molar-refractivity contribution is -0.141. The van der Waals surface area contributed by atoms with Crippen molar-refractivity contribution in [2.24, 2.45) is 35.3 Å². The summed E-state index contributed by atoms with van der Waals surface area (Å²) < 4.78 is 28.9. The number of unbranched alkanes of at least 4 members (excludes halogenated alkanes) is 1. The number of aliphatic hydroxyl groups excluding tert-OH is 1. The summed E-state index contributed by atoms with van der Waals surface area (Å²) in [5.74, 6) is -3.05. The van der Waals surface area contributed by atoms with Crippen LogP contribution in [0.1, 0.15) is 130 Å². The van der Waals surface area contributed by atoms with Crippen molar-refractivity contribution in [2.75, 3.05) is 26.2 Å². The molecular weight excluding hydrogens is 632 g/mol. The lowest BCUT2D eigenvalue weighted by atomic mass is 9.73. The van der Waals surface area contributed by atoms with E-state index in [1.54, 1.807) is 9.91 Å². The predicted octanol–water partition coefficient (Wildman–Crippen LogP) is 4.97. The quantitative estimate of drug-likeness (QED) is 0.140. The van der Waals surface area contributed by atoms with Crippen LogP contribution in [-0.4, -0.2) is 89.3 Å². The van der Waals surface area contributed by atoms with Crippen LogP contribution in [-0.2, 0) is 19.2 Å². The second-order valence-corrected chi connectivity index (χ2v) is 15.3. The Bertz CT molecular complexity index is 1030. The molecule has 0 aromatic heterocycles. The molecule has 0 saturated heterocycles. The maximum Gasteiger partial charge on any atom is 0.234 e. The molecule has 5 N–H and O–H groups in total. The van der Waals surface area contributed by atoms with Gasteiger partial charge >= 0.3 is 0 Å². The van der Waals surface area contributed by atoms with E-state index in [9.17, 15) is 33.1 Å². The van der Waals surface area contributed by atoms with Crippen LogP contribution in [0, 0.1) is 29.6 Å². The first-order valence-electron chi connectivity index (χ1n) is 19.3. The first-order valence-corrected chi connectivity index (χ1v) is 19.3. The monoisotopic (exact) mass is 697 g/mol. The molecule has 0 spiro atoms. The van der Waals surface area contributed by atoms with Gasteiger partial charge in [-0.1, -0.05) is 46.5 Å². The number of carbonyl (C=O) groups excluding carboxylic acids is 4. The fraction of sp³-hybridized carbons (Fsp3) is 0.892. The largest absolute Gasteiger partial charge is 0.390 e. The fourth-order valence-corrected chi connectivity index (χ4v) is 8.32. The summed E-state index contributed by atoms with van der Waals surface area (Å²) in [7, 11) is 0. The molecule has 3 rings (SSSR count). The normalized spacial score (nSPS) is 27.7. The summed E-state index contributed by atoms with van der Waals surface area (Å²) in [5, 5.41) is 16.4. The number of halogens is 2. The first kappa shape index (κ1) is 41.1. The van der Waals surface area contributed by atoms with E-state index in [4.69, 9.17) is 5.73 Å². The molecule has 49 heavy (non-hydrogen) atoms. The van der Waals surface area contributed by atoms with Gasteiger partial charge in [0, 0.05) is 56.8 Å². The third kappa shape index (κ3) is 13.7. The van der Waals surface area contributed by atoms with Gasteiger partial charge in [0.15, 0.2) is 0 Å². The van der Waals surface area contributed by atoms with Gasteiger partial charge in [0.25, 0.3) is 0 Å². The lowest BCUT2D eigenvalue weighted by Crippen LogP contribution is -2.55. The Hall–Kier alpha value is -2.34. The molecule has 0 aromatic rings. The number of carbonyl (C=O) groups is 4. The number of hydrogen-bond acceptors (Lipinski definition) is 6. The van der Waals surface area contributed by atoms with Gasteiger partial charge in [0.2, 0.25) is 23.6 Å². The second kappa shape index (κ2) is 21.1. The van der Waals surface area contributed by atoms with Gasteiger partial charge in [-0.2, -0.15) is 0 Å². The average Bonchev–Trinajstić information content (AvgIpc) is 3.06. The van der Waals surface area contributed by atoms with Gasteiger partial charge in [-0.3, -0.25) is 24.6 Å². The zero-order valence-corrected chi connectivity index (χ0v) is 30.4. The van der Waals surface area contributed by atoms with Crippen LogP contribution >= 0.6 is 0 Å². The van der Waals surface area contributed by atoms with Gasteiger partial charge < -0.3 is 21.1 Å². The molecular formula is C37H65F2N5O5. The second-order valence-electron chi connectivity index (χ2n) is 15.3. The number of alkyl halides is 2. The van der Waals surface area contributed by atoms with Crippen LogP contribution in [0.5, 0.6) is 0 Å². The van der Waals surface area contributed by atoms with E-state index in [2.05, 4.69) is 10.7 Å². The maximum atomic E-state index is 14.5. The Labute approximate surface area is 293 Å². The van der Waals surface area contributed by atoms with Crippen LogP contribution in [0.2, 0.25) is 0 Å². The molecule has 3 saturated carbocycles. The van der Waals surface area contributed by atoms with Crippen LogP contribution < -0.4 is 16.5 Å². The number of rotatable bonds is 19. The molecule has 7 atom stereocenters. The summed E-state index contributed by atoms with van der Waals surface area (Å²) in [6, 6.07) is -0.853. The Balaban J connectivity index is 1.77. The molecule has 0 aromatic carbocycles. The Morgan fingerprint density at radius 2 is 1.41 bits per heavy atom. The molecule has 0 heterocycles. The molecule has 12 heteroatoms. The van der Waals surface area contributed by atoms with E-state index in [1.807, 2.05) is 20.8 Å². The summed E-state index contributed by atoms with van der Waals surface area (Å²) in [6.07, 6.45) is 6.49. The number of primary amides is 1. The highest BCUT2D eigenvalue weighted by Crippen LogP contribution is 2.36. The van der Waals surface area contributed by atoms with Crippen molar-refractivity contribution in [2.45, 2.75) is 154 Å². The molecule has 3 fully saturated rings. The highest BCUT2D eigenvalue weighted by Gasteiger charge is 2.41. The molecule has 0 radical (unpaired) electrons. The maximum absolute atomic E-state index is 14.5. The first-order chi connectivity index (χ1) is 23.4. The standard InChI is InChI=1S/C37H65F2N5O5/c1-4-7-15-44(42-34(46)19-25-11-9-8-10-12-25)24-33(45)32(18-26-16-30(38)23-31(39)17-26)41-36(48)28-20-27(35(40)47)21-29(22-28)37(49)43(13-5-2)14-6-3/h25-33,45H,4-24H2,1-3H3,(H2,40,47)(H,41,48)(H,42,46). The molecule has 3 aliphatic carbocycles. The van der Waals surface area contributed by atoms with E-state index in [-0.39, 0.29) is 62.8 Å². The number of nitrogens with zero attached hydrogens (tertiary/aromatic N) is 2. The van der Waals surface area contributed by atoms with Crippen molar-refractivity contribution in [3.63, 3.8) is 0 Å². The molecule has 4 amide bonds. The van der Waals surface area contributed by atoms with Gasteiger partial charge in [0.1, 0.15) is 12.3 Å².